The number of imide groups is 1. The number of pyridine rings is 2. The van der Waals surface area contributed by atoms with Gasteiger partial charge in [-0.1, -0.05) is 55.8 Å². The van der Waals surface area contributed by atoms with Crippen LogP contribution in [0.15, 0.2) is 83.7 Å². The van der Waals surface area contributed by atoms with E-state index in [1.54, 1.807) is 81.6 Å². The molecule has 0 radical (unpaired) electrons. The molecule has 3 atom stereocenters. The predicted octanol–water partition coefficient (Wildman–Crippen LogP) is 2.74. The molecule has 5 aromatic rings. The molecule has 86 heavy (non-hydrogen) atoms. The van der Waals surface area contributed by atoms with Crippen molar-refractivity contribution in [2.24, 2.45) is 0 Å². The van der Waals surface area contributed by atoms with Gasteiger partial charge in [-0.25, -0.2) is 19.0 Å². The third-order valence-corrected chi connectivity index (χ3v) is 15.9. The van der Waals surface area contributed by atoms with E-state index in [9.17, 15) is 57.8 Å². The molecule has 5 heterocycles. The minimum Gasteiger partial charge on any atom is -0.458 e. The lowest BCUT2D eigenvalue weighted by Crippen LogP contribution is -2.52. The molecule has 450 valence electrons. The molecule has 0 fully saturated rings. The normalized spacial score (nSPS) is 16.5. The fraction of sp³-hybridized carbons (Fsp3) is 0.377. The van der Waals surface area contributed by atoms with Gasteiger partial charge in [0.25, 0.3) is 17.4 Å². The summed E-state index contributed by atoms with van der Waals surface area (Å²) in [6.45, 7) is 1.31. The lowest BCUT2D eigenvalue weighted by molar-refractivity contribution is -0.172. The third-order valence-electron chi connectivity index (χ3n) is 15.9. The Balaban J connectivity index is 0.737. The number of likely N-dealkylation sites (N-methyl/N-ethyl adjacent to an activating group) is 2. The lowest BCUT2D eigenvalue weighted by Gasteiger charge is -2.35. The zero-order chi connectivity index (χ0) is 61.6. The van der Waals surface area contributed by atoms with Crippen molar-refractivity contribution in [3.8, 4) is 11.4 Å². The second kappa shape index (κ2) is 26.1. The first kappa shape index (κ1) is 60.9. The second-order valence-electron chi connectivity index (χ2n) is 21.6. The second-order valence-corrected chi connectivity index (χ2v) is 21.6. The number of carbonyl (C=O) groups excluding carboxylic acids is 10. The summed E-state index contributed by atoms with van der Waals surface area (Å²) in [5.41, 5.74) is 2.86. The number of anilines is 1. The number of fused-ring (bicyclic) bond motifs is 5. The van der Waals surface area contributed by atoms with Gasteiger partial charge < -0.3 is 55.5 Å². The van der Waals surface area contributed by atoms with Crippen LogP contribution in [-0.2, 0) is 90.8 Å². The van der Waals surface area contributed by atoms with E-state index < -0.39 is 96.2 Å². The van der Waals surface area contributed by atoms with Gasteiger partial charge in [0.05, 0.1) is 54.7 Å². The Hall–Kier alpha value is -9.65. The van der Waals surface area contributed by atoms with E-state index in [1.807, 2.05) is 0 Å². The van der Waals surface area contributed by atoms with Crippen LogP contribution in [0.3, 0.4) is 0 Å². The van der Waals surface area contributed by atoms with Crippen molar-refractivity contribution >= 4 is 75.9 Å². The molecule has 0 unspecified atom stereocenters. The molecule has 9 amide bonds. The number of nitrogens with one attached hydrogen (secondary N) is 5. The number of hydrogen-bond acceptors (Lipinski definition) is 15. The third kappa shape index (κ3) is 13.2. The molecule has 2 aromatic heterocycles. The molecule has 9 rings (SSSR count). The highest BCUT2D eigenvalue weighted by Crippen LogP contribution is 2.47. The standard InChI is InChI=1S/C61H65FN10O14/c1-5-61(84)41-25-46-56-39(30-72(46)58(81)40(41)33-85-59(61)82)55-45(20-19-38-34(2)42(62)26-43(68-56)54(38)55)70(4)53(79)31-69(3)60(83)86-32-36-15-17-37(18-16-36)66-49(75)29-65-57(80)44(24-35-12-8-6-9-13-35)67-50(76)28-64-48(74)27-63-47(73)14-10-7-11-23-71-51(77)21-22-52(71)78/h6,8-9,12-13,15-18,21-22,25-26,44-45,84H,5,7,10-11,14,19-20,23-24,27-33H2,1-4H3,(H,63,73)(H,64,74)(H,65,80)(H,66,75)(H,67,76)/t44-,45-,61-/m0/s1. The maximum atomic E-state index is 15.5. The smallest absolute Gasteiger partial charge is 0.410 e. The molecule has 24 nitrogen and oxygen atoms in total. The number of unbranched alkanes of at least 4 members (excludes halogenated alkanes) is 2. The molecule has 3 aliphatic heterocycles. The van der Waals surface area contributed by atoms with Crippen molar-refractivity contribution < 1.29 is 66.9 Å². The predicted molar refractivity (Wildman–Crippen MR) is 306 cm³/mol. The molecule has 6 N–H and O–H groups in total. The number of halogens is 1. The summed E-state index contributed by atoms with van der Waals surface area (Å²) in [5.74, 6) is -5.54. The Morgan fingerprint density at radius 1 is 0.837 bits per heavy atom. The lowest BCUT2D eigenvalue weighted by atomic mass is 9.81. The molecule has 0 saturated heterocycles. The van der Waals surface area contributed by atoms with Crippen molar-refractivity contribution in [2.45, 2.75) is 103 Å². The number of benzene rings is 3. The van der Waals surface area contributed by atoms with Crippen LogP contribution in [0.1, 0.15) is 96.0 Å². The molecule has 25 heteroatoms. The van der Waals surface area contributed by atoms with Gasteiger partial charge in [-0.15, -0.1) is 0 Å². The molecule has 1 aliphatic carbocycles. The zero-order valence-electron chi connectivity index (χ0n) is 47.8. The van der Waals surface area contributed by atoms with Crippen molar-refractivity contribution in [3.05, 3.63) is 140 Å². The fourth-order valence-corrected chi connectivity index (χ4v) is 11.1. The van der Waals surface area contributed by atoms with Crippen LogP contribution in [0.4, 0.5) is 14.9 Å². The number of nitrogens with zero attached hydrogens (tertiary/aromatic N) is 5. The van der Waals surface area contributed by atoms with E-state index in [1.165, 1.54) is 34.7 Å². The van der Waals surface area contributed by atoms with Crippen LogP contribution >= 0.6 is 0 Å². The summed E-state index contributed by atoms with van der Waals surface area (Å²) in [7, 11) is 3.03. The fourth-order valence-electron chi connectivity index (χ4n) is 11.1. The number of aliphatic hydroxyl groups is 1. The average Bonchev–Trinajstić information content (AvgIpc) is 1.46. The summed E-state index contributed by atoms with van der Waals surface area (Å²) in [6, 6.07) is 16.3. The van der Waals surface area contributed by atoms with Gasteiger partial charge in [-0.3, -0.25) is 48.1 Å². The highest BCUT2D eigenvalue weighted by Gasteiger charge is 2.46. The SMILES string of the molecule is CC[C@@]1(O)C(=O)OCc2c1cc1n(c2=O)Cc2c-1nc1cc(F)c(C)c3c1c2[C@@H](N(C)C(=O)CN(C)C(=O)OCc1ccc(NC(=O)CNC(=O)[C@H](Cc2ccccc2)NC(=O)CNC(=O)CNC(=O)CCCCCN2C(=O)C=CC2=O)cc1)CC3. The van der Waals surface area contributed by atoms with Crippen molar-refractivity contribution in [2.75, 3.05) is 52.1 Å². The number of ether oxygens (including phenoxy) is 2. The molecule has 0 saturated carbocycles. The number of aromatic nitrogens is 2. The maximum absolute atomic E-state index is 15.5. The first-order valence-corrected chi connectivity index (χ1v) is 28.2. The topological polar surface area (TPSA) is 314 Å². The number of amides is 9. The number of aryl methyl sites for hydroxylation is 1. The summed E-state index contributed by atoms with van der Waals surface area (Å²) >= 11 is 0. The van der Waals surface area contributed by atoms with Gasteiger partial charge in [0.15, 0.2) is 5.60 Å². The summed E-state index contributed by atoms with van der Waals surface area (Å²) < 4.78 is 27.8. The number of rotatable bonds is 23. The highest BCUT2D eigenvalue weighted by molar-refractivity contribution is 6.12. The van der Waals surface area contributed by atoms with Crippen molar-refractivity contribution in [3.63, 3.8) is 0 Å². The van der Waals surface area contributed by atoms with Gasteiger partial charge in [-0.05, 0) is 85.0 Å². The van der Waals surface area contributed by atoms with E-state index in [2.05, 4.69) is 26.6 Å². The van der Waals surface area contributed by atoms with Crippen LogP contribution in [0.25, 0.3) is 22.3 Å². The van der Waals surface area contributed by atoms with Gasteiger partial charge >= 0.3 is 12.1 Å². The van der Waals surface area contributed by atoms with Crippen LogP contribution in [-0.4, -0.2) is 142 Å². The molecule has 0 bridgehead atoms. The van der Waals surface area contributed by atoms with E-state index in [0.717, 1.165) is 15.4 Å². The van der Waals surface area contributed by atoms with Crippen LogP contribution in [0.2, 0.25) is 0 Å². The Morgan fingerprint density at radius 3 is 2.26 bits per heavy atom. The molecular weight excluding hydrogens is 1120 g/mol. The number of esters is 1. The number of hydrogen-bond donors (Lipinski definition) is 6. The van der Waals surface area contributed by atoms with E-state index in [0.29, 0.717) is 87.9 Å². The summed E-state index contributed by atoms with van der Waals surface area (Å²) in [4.78, 5) is 150. The first-order chi connectivity index (χ1) is 41.1. The zero-order valence-corrected chi connectivity index (χ0v) is 47.8. The summed E-state index contributed by atoms with van der Waals surface area (Å²) in [5, 5.41) is 24.8. The van der Waals surface area contributed by atoms with E-state index in [4.69, 9.17) is 14.5 Å². The summed E-state index contributed by atoms with van der Waals surface area (Å²) in [6.07, 6.45) is 4.07. The maximum Gasteiger partial charge on any atom is 0.410 e. The number of carbonyl (C=O) groups is 10. The van der Waals surface area contributed by atoms with Crippen LogP contribution < -0.4 is 32.1 Å². The molecular formula is C61H65FN10O14. The van der Waals surface area contributed by atoms with Crippen molar-refractivity contribution in [1.29, 1.82) is 0 Å². The van der Waals surface area contributed by atoms with Gasteiger partial charge in [-0.2, -0.15) is 0 Å². The first-order valence-electron chi connectivity index (χ1n) is 28.2. The average molecular weight is 1180 g/mol. The highest BCUT2D eigenvalue weighted by atomic mass is 19.1. The van der Waals surface area contributed by atoms with Gasteiger partial charge in [0.1, 0.15) is 31.6 Å². The molecule has 3 aromatic carbocycles. The monoisotopic (exact) mass is 1180 g/mol. The minimum absolute atomic E-state index is 0.0507. The Labute approximate surface area is 492 Å². The van der Waals surface area contributed by atoms with Gasteiger partial charge in [0, 0.05) is 73.9 Å². The number of cyclic esters (lactones) is 1. The molecule has 0 spiro atoms. The Morgan fingerprint density at radius 2 is 1.53 bits per heavy atom. The Bertz CT molecular complexity index is 3670. The quantitative estimate of drug-likeness (QED) is 0.0305. The van der Waals surface area contributed by atoms with Crippen molar-refractivity contribution in [1.82, 2.24) is 45.5 Å². The Kier molecular flexibility index (Phi) is 18.5. The van der Waals surface area contributed by atoms with E-state index in [-0.39, 0.29) is 75.1 Å². The minimum atomic E-state index is -2.06. The van der Waals surface area contributed by atoms with Crippen LogP contribution in [0, 0.1) is 12.7 Å². The largest absolute Gasteiger partial charge is 0.458 e. The van der Waals surface area contributed by atoms with Gasteiger partial charge in [0.2, 0.25) is 35.4 Å². The molecule has 4 aliphatic rings. The van der Waals surface area contributed by atoms with Crippen LogP contribution in [0.5, 0.6) is 0 Å². The van der Waals surface area contributed by atoms with E-state index >= 15 is 4.39 Å².